The van der Waals surface area contributed by atoms with Crippen LogP contribution in [0.2, 0.25) is 0 Å². The summed E-state index contributed by atoms with van der Waals surface area (Å²) in [5, 5.41) is 10.6. The number of nitrogens with zero attached hydrogens (tertiary/aromatic N) is 1. The molecule has 0 aliphatic heterocycles. The topological polar surface area (TPSA) is 45.8 Å². The predicted molar refractivity (Wildman–Crippen MR) is 83.8 cm³/mol. The summed E-state index contributed by atoms with van der Waals surface area (Å²) in [4.78, 5) is 1.94. The van der Waals surface area contributed by atoms with Crippen LogP contribution in [0.25, 0.3) is 10.3 Å². The van der Waals surface area contributed by atoms with Gasteiger partial charge in [-0.15, -0.1) is 11.3 Å². The van der Waals surface area contributed by atoms with Gasteiger partial charge in [0, 0.05) is 25.0 Å². The fourth-order valence-corrected chi connectivity index (χ4v) is 3.36. The summed E-state index contributed by atoms with van der Waals surface area (Å²) in [5.41, 5.74) is 0.788. The van der Waals surface area contributed by atoms with E-state index in [0.29, 0.717) is 25.6 Å². The van der Waals surface area contributed by atoms with Crippen LogP contribution in [0.4, 0.5) is 5.88 Å². The number of aliphatic hydroxyl groups excluding tert-OH is 1. The summed E-state index contributed by atoms with van der Waals surface area (Å²) >= 11 is 10.4. The predicted octanol–water partition coefficient (Wildman–Crippen LogP) is 3.43. The first-order valence-corrected chi connectivity index (χ1v) is 7.82. The van der Waals surface area contributed by atoms with Gasteiger partial charge in [0.1, 0.15) is 0 Å². The van der Waals surface area contributed by atoms with E-state index < -0.39 is 0 Å². The molecule has 0 radical (unpaired) electrons. The average molecular weight is 364 g/mol. The molecule has 0 aliphatic rings. The van der Waals surface area contributed by atoms with Crippen molar-refractivity contribution in [2.24, 2.45) is 0 Å². The lowest BCUT2D eigenvalue weighted by Crippen LogP contribution is -2.23. The van der Waals surface area contributed by atoms with Crippen LogP contribution >= 0.6 is 39.5 Å². The molecule has 0 atom stereocenters. The van der Waals surface area contributed by atoms with Crippen molar-refractivity contribution in [2.45, 2.75) is 0 Å². The highest BCUT2D eigenvalue weighted by molar-refractivity contribution is 9.10. The van der Waals surface area contributed by atoms with E-state index in [4.69, 9.17) is 26.5 Å². The lowest BCUT2D eigenvalue weighted by atomic mass is 10.4. The Morgan fingerprint density at radius 3 is 3.05 bits per heavy atom. The fraction of sp³-hybridized carbons (Fsp3) is 0.417. The third kappa shape index (κ3) is 3.55. The Morgan fingerprint density at radius 2 is 2.32 bits per heavy atom. The van der Waals surface area contributed by atoms with Crippen LogP contribution in [0.3, 0.4) is 0 Å². The molecule has 0 saturated carbocycles. The Morgan fingerprint density at radius 1 is 1.53 bits per heavy atom. The second kappa shape index (κ2) is 6.81. The third-order valence-corrected chi connectivity index (χ3v) is 4.91. The van der Waals surface area contributed by atoms with E-state index in [1.165, 1.54) is 0 Å². The maximum atomic E-state index is 8.64. The Kier molecular flexibility index (Phi) is 5.35. The second-order valence-corrected chi connectivity index (χ2v) is 6.12. The molecule has 2 aromatic rings. The zero-order valence-corrected chi connectivity index (χ0v) is 13.6. The molecule has 0 bridgehead atoms. The van der Waals surface area contributed by atoms with E-state index in [2.05, 4.69) is 15.9 Å². The summed E-state index contributed by atoms with van der Waals surface area (Å²) in [7, 11) is 1.92. The lowest BCUT2D eigenvalue weighted by molar-refractivity contribution is 0.0968. The zero-order valence-electron chi connectivity index (χ0n) is 10.4. The summed E-state index contributed by atoms with van der Waals surface area (Å²) in [6, 6.07) is 1.85. The minimum atomic E-state index is 0.0399. The highest BCUT2D eigenvalue weighted by Gasteiger charge is 2.10. The van der Waals surface area contributed by atoms with Crippen LogP contribution in [0.5, 0.6) is 0 Å². The molecule has 0 unspecified atom stereocenters. The number of fused-ring (bicyclic) bond motifs is 1. The number of rotatable bonds is 6. The third-order valence-electron chi connectivity index (χ3n) is 2.57. The van der Waals surface area contributed by atoms with Gasteiger partial charge in [-0.2, -0.15) is 0 Å². The van der Waals surface area contributed by atoms with Crippen molar-refractivity contribution in [1.82, 2.24) is 0 Å². The number of hydrogen-bond donors (Lipinski definition) is 1. The van der Waals surface area contributed by atoms with Crippen molar-refractivity contribution >= 4 is 55.7 Å². The van der Waals surface area contributed by atoms with Crippen molar-refractivity contribution in [3.63, 3.8) is 0 Å². The standard InChI is InChI=1S/C12H14BrNO3S2/c1-14(2-4-16-5-3-15)10-6-9(18)12-11(17-10)8(13)7-19-12/h6-7,15H,2-5H2,1H3. The van der Waals surface area contributed by atoms with E-state index >= 15 is 0 Å². The van der Waals surface area contributed by atoms with Crippen LogP contribution in [0.1, 0.15) is 0 Å². The molecule has 0 saturated heterocycles. The Balaban J connectivity index is 2.15. The van der Waals surface area contributed by atoms with Crippen LogP contribution in [0.15, 0.2) is 20.3 Å². The molecule has 0 fully saturated rings. The molecule has 0 amide bonds. The monoisotopic (exact) mass is 363 g/mol. The van der Waals surface area contributed by atoms with Gasteiger partial charge in [-0.3, -0.25) is 0 Å². The minimum absolute atomic E-state index is 0.0399. The van der Waals surface area contributed by atoms with Crippen LogP contribution < -0.4 is 4.90 Å². The first kappa shape index (κ1) is 14.9. The van der Waals surface area contributed by atoms with Gasteiger partial charge < -0.3 is 19.2 Å². The fourth-order valence-electron chi connectivity index (χ4n) is 1.57. The van der Waals surface area contributed by atoms with Gasteiger partial charge in [-0.05, 0) is 15.9 Å². The van der Waals surface area contributed by atoms with Crippen LogP contribution in [-0.2, 0) is 4.74 Å². The number of likely N-dealkylation sites (N-methyl/N-ethyl adjacent to an activating group) is 1. The lowest BCUT2D eigenvalue weighted by Gasteiger charge is -2.17. The van der Waals surface area contributed by atoms with Crippen molar-refractivity contribution in [3.05, 3.63) is 20.4 Å². The second-order valence-electron chi connectivity index (χ2n) is 3.95. The molecular formula is C12H14BrNO3S2. The molecule has 2 rings (SSSR count). The van der Waals surface area contributed by atoms with Gasteiger partial charge in [0.15, 0.2) is 11.5 Å². The van der Waals surface area contributed by atoms with Gasteiger partial charge in [0.25, 0.3) is 0 Å². The molecule has 0 spiro atoms. The quantitative estimate of drug-likeness (QED) is 0.629. The highest BCUT2D eigenvalue weighted by atomic mass is 79.9. The maximum Gasteiger partial charge on any atom is 0.197 e. The Hall–Kier alpha value is -0.470. The number of anilines is 1. The molecule has 0 aliphatic carbocycles. The Labute approximate surface area is 128 Å². The number of halogens is 1. The van der Waals surface area contributed by atoms with Crippen molar-refractivity contribution in [1.29, 1.82) is 0 Å². The van der Waals surface area contributed by atoms with E-state index in [9.17, 15) is 0 Å². The molecule has 0 aromatic carbocycles. The summed E-state index contributed by atoms with van der Waals surface area (Å²) < 4.78 is 13.8. The normalized spacial score (nSPS) is 11.1. The first-order chi connectivity index (χ1) is 9.13. The molecule has 2 heterocycles. The van der Waals surface area contributed by atoms with Gasteiger partial charge in [-0.1, -0.05) is 12.2 Å². The molecule has 2 aromatic heterocycles. The summed E-state index contributed by atoms with van der Waals surface area (Å²) in [6.45, 7) is 1.60. The average Bonchev–Trinajstić information content (AvgIpc) is 2.77. The van der Waals surface area contributed by atoms with Crippen LogP contribution in [-0.4, -0.2) is 38.5 Å². The summed E-state index contributed by atoms with van der Waals surface area (Å²) in [5.74, 6) is 0.712. The SMILES string of the molecule is CN(CCOCCO)c1cc(=S)c2scc(Br)c2o1. The van der Waals surface area contributed by atoms with E-state index in [-0.39, 0.29) is 6.61 Å². The van der Waals surface area contributed by atoms with Crippen LogP contribution in [0, 0.1) is 4.51 Å². The first-order valence-electron chi connectivity index (χ1n) is 5.74. The van der Waals surface area contributed by atoms with Crippen molar-refractivity contribution in [3.8, 4) is 0 Å². The van der Waals surface area contributed by atoms with Gasteiger partial charge in [0.05, 0.1) is 33.5 Å². The molecule has 1 N–H and O–H groups in total. The van der Waals surface area contributed by atoms with Crippen molar-refractivity contribution in [2.75, 3.05) is 38.3 Å². The molecule has 7 heteroatoms. The minimum Gasteiger partial charge on any atom is -0.438 e. The number of thiophene rings is 1. The van der Waals surface area contributed by atoms with Gasteiger partial charge >= 0.3 is 0 Å². The van der Waals surface area contributed by atoms with E-state index in [1.807, 2.05) is 23.4 Å². The number of hydrogen-bond acceptors (Lipinski definition) is 6. The van der Waals surface area contributed by atoms with E-state index in [0.717, 1.165) is 19.3 Å². The van der Waals surface area contributed by atoms with Gasteiger partial charge in [0.2, 0.25) is 0 Å². The maximum absolute atomic E-state index is 8.64. The molecule has 19 heavy (non-hydrogen) atoms. The number of aliphatic hydroxyl groups is 1. The smallest absolute Gasteiger partial charge is 0.197 e. The van der Waals surface area contributed by atoms with Gasteiger partial charge in [-0.25, -0.2) is 0 Å². The largest absolute Gasteiger partial charge is 0.438 e. The molecule has 4 nitrogen and oxygen atoms in total. The van der Waals surface area contributed by atoms with Crippen molar-refractivity contribution < 1.29 is 14.3 Å². The number of ether oxygens (including phenoxy) is 1. The Bertz CT molecular complexity index is 611. The molecule has 104 valence electrons. The highest BCUT2D eigenvalue weighted by Crippen LogP contribution is 2.34. The molecular weight excluding hydrogens is 350 g/mol. The zero-order chi connectivity index (χ0) is 13.8. The summed E-state index contributed by atoms with van der Waals surface area (Å²) in [6.07, 6.45) is 0. The van der Waals surface area contributed by atoms with E-state index in [1.54, 1.807) is 11.3 Å².